The van der Waals surface area contributed by atoms with Crippen LogP contribution in [0.2, 0.25) is 0 Å². The molecule has 2 N–H and O–H groups in total. The predicted molar refractivity (Wildman–Crippen MR) is 63.5 cm³/mol. The number of aliphatic hydroxyl groups excluding tert-OH is 1. The largest absolute Gasteiger partial charge is 0.387 e. The highest BCUT2D eigenvalue weighted by atomic mass is 16.3. The van der Waals surface area contributed by atoms with Crippen LogP contribution in [0.1, 0.15) is 5.56 Å². The van der Waals surface area contributed by atoms with Crippen LogP contribution in [0.3, 0.4) is 0 Å². The fourth-order valence-corrected chi connectivity index (χ4v) is 1.49. The van der Waals surface area contributed by atoms with E-state index in [4.69, 9.17) is 5.11 Å². The smallest absolute Gasteiger partial charge is 0.250 e. The van der Waals surface area contributed by atoms with E-state index in [9.17, 15) is 4.79 Å². The highest BCUT2D eigenvalue weighted by Gasteiger charge is 2.03. The fourth-order valence-electron chi connectivity index (χ4n) is 1.49. The molecule has 0 radical (unpaired) electrons. The molecule has 0 aliphatic heterocycles. The number of aliphatic hydroxyl groups is 1. The van der Waals surface area contributed by atoms with E-state index in [1.165, 1.54) is 0 Å². The number of carbonyl (C=O) groups excluding carboxylic acids is 1. The van der Waals surface area contributed by atoms with Crippen molar-refractivity contribution in [2.24, 2.45) is 0 Å². The molecule has 17 heavy (non-hydrogen) atoms. The monoisotopic (exact) mass is 231 g/mol. The van der Waals surface area contributed by atoms with Gasteiger partial charge in [-0.1, -0.05) is 30.3 Å². The zero-order valence-corrected chi connectivity index (χ0v) is 9.21. The standard InChI is InChI=1S/C12H13N3O2/c16-9-12(17)14-11-6-13-15(8-11)7-10-4-2-1-3-5-10/h1-6,8,16H,7,9H2,(H,14,17). The zero-order chi connectivity index (χ0) is 12.1. The minimum absolute atomic E-state index is 0.440. The van der Waals surface area contributed by atoms with Crippen molar-refractivity contribution in [3.05, 3.63) is 48.3 Å². The normalized spacial score (nSPS) is 10.2. The van der Waals surface area contributed by atoms with E-state index < -0.39 is 12.5 Å². The van der Waals surface area contributed by atoms with Crippen LogP contribution in [0.15, 0.2) is 42.7 Å². The maximum Gasteiger partial charge on any atom is 0.250 e. The lowest BCUT2D eigenvalue weighted by molar-refractivity contribution is -0.118. The summed E-state index contributed by atoms with van der Waals surface area (Å²) in [5.74, 6) is -0.440. The molecule has 0 unspecified atom stereocenters. The first-order chi connectivity index (χ1) is 8.28. The molecule has 2 aromatic rings. The highest BCUT2D eigenvalue weighted by molar-refractivity contribution is 5.91. The second-order valence-corrected chi connectivity index (χ2v) is 3.62. The molecule has 88 valence electrons. The van der Waals surface area contributed by atoms with E-state index >= 15 is 0 Å². The third kappa shape index (κ3) is 3.15. The van der Waals surface area contributed by atoms with Crippen molar-refractivity contribution in [3.8, 4) is 0 Å². The van der Waals surface area contributed by atoms with Crippen LogP contribution >= 0.6 is 0 Å². The summed E-state index contributed by atoms with van der Waals surface area (Å²) >= 11 is 0. The maximum atomic E-state index is 11.0. The van der Waals surface area contributed by atoms with E-state index in [0.29, 0.717) is 12.2 Å². The van der Waals surface area contributed by atoms with Gasteiger partial charge in [0.2, 0.25) is 5.91 Å². The predicted octanol–water partition coefficient (Wildman–Crippen LogP) is 0.862. The molecule has 0 spiro atoms. The quantitative estimate of drug-likeness (QED) is 0.820. The fraction of sp³-hybridized carbons (Fsp3) is 0.167. The van der Waals surface area contributed by atoms with Gasteiger partial charge in [-0.05, 0) is 5.56 Å². The van der Waals surface area contributed by atoms with Crippen molar-refractivity contribution in [1.29, 1.82) is 0 Å². The van der Waals surface area contributed by atoms with Gasteiger partial charge in [0.1, 0.15) is 6.61 Å². The summed E-state index contributed by atoms with van der Waals surface area (Å²) in [5.41, 5.74) is 1.72. The summed E-state index contributed by atoms with van der Waals surface area (Å²) < 4.78 is 1.72. The zero-order valence-electron chi connectivity index (χ0n) is 9.21. The molecule has 1 aromatic carbocycles. The van der Waals surface area contributed by atoms with Crippen LogP contribution in [0, 0.1) is 0 Å². The summed E-state index contributed by atoms with van der Waals surface area (Å²) in [7, 11) is 0. The van der Waals surface area contributed by atoms with Crippen LogP contribution in [-0.4, -0.2) is 27.4 Å². The van der Waals surface area contributed by atoms with Gasteiger partial charge in [-0.15, -0.1) is 0 Å². The van der Waals surface area contributed by atoms with E-state index in [1.807, 2.05) is 30.3 Å². The highest BCUT2D eigenvalue weighted by Crippen LogP contribution is 2.07. The molecule has 5 heteroatoms. The van der Waals surface area contributed by atoms with Gasteiger partial charge in [0.25, 0.3) is 0 Å². The van der Waals surface area contributed by atoms with Crippen LogP contribution < -0.4 is 5.32 Å². The number of aromatic nitrogens is 2. The average molecular weight is 231 g/mol. The van der Waals surface area contributed by atoms with Crippen molar-refractivity contribution in [2.75, 3.05) is 11.9 Å². The number of nitrogens with one attached hydrogen (secondary N) is 1. The number of rotatable bonds is 4. The van der Waals surface area contributed by atoms with Gasteiger partial charge in [-0.2, -0.15) is 5.10 Å². The molecule has 0 bridgehead atoms. The van der Waals surface area contributed by atoms with Gasteiger partial charge < -0.3 is 10.4 Å². The third-order valence-corrected chi connectivity index (χ3v) is 2.25. The van der Waals surface area contributed by atoms with Gasteiger partial charge in [0, 0.05) is 6.20 Å². The molecular formula is C12H13N3O2. The van der Waals surface area contributed by atoms with Crippen molar-refractivity contribution >= 4 is 11.6 Å². The minimum Gasteiger partial charge on any atom is -0.387 e. The van der Waals surface area contributed by atoms with Gasteiger partial charge in [-0.3, -0.25) is 9.48 Å². The van der Waals surface area contributed by atoms with Gasteiger partial charge in [0.15, 0.2) is 0 Å². The summed E-state index contributed by atoms with van der Waals surface area (Å²) in [5, 5.41) is 15.2. The SMILES string of the molecule is O=C(CO)Nc1cnn(Cc2ccccc2)c1. The number of carbonyl (C=O) groups is 1. The Hall–Kier alpha value is -2.14. The minimum atomic E-state index is -0.524. The Morgan fingerprint density at radius 3 is 2.82 bits per heavy atom. The first kappa shape index (κ1) is 11.3. The summed E-state index contributed by atoms with van der Waals surface area (Å²) in [6.07, 6.45) is 3.27. The Morgan fingerprint density at radius 2 is 2.12 bits per heavy atom. The maximum absolute atomic E-state index is 11.0. The number of amides is 1. The molecule has 1 amide bonds. The molecule has 0 aliphatic carbocycles. The molecule has 1 aromatic heterocycles. The van der Waals surface area contributed by atoms with Gasteiger partial charge in [-0.25, -0.2) is 0 Å². The Labute approximate surface area is 98.7 Å². The van der Waals surface area contributed by atoms with Crippen molar-refractivity contribution in [1.82, 2.24) is 9.78 Å². The lowest BCUT2D eigenvalue weighted by atomic mass is 10.2. The number of anilines is 1. The first-order valence-corrected chi connectivity index (χ1v) is 5.25. The van der Waals surface area contributed by atoms with Crippen LogP contribution in [0.25, 0.3) is 0 Å². The van der Waals surface area contributed by atoms with E-state index in [-0.39, 0.29) is 0 Å². The van der Waals surface area contributed by atoms with Crippen molar-refractivity contribution in [2.45, 2.75) is 6.54 Å². The Balaban J connectivity index is 2.01. The lowest BCUT2D eigenvalue weighted by Gasteiger charge is -2.01. The topological polar surface area (TPSA) is 67.2 Å². The Kier molecular flexibility index (Phi) is 3.52. The molecule has 0 aliphatic rings. The second kappa shape index (κ2) is 5.27. The van der Waals surface area contributed by atoms with E-state index in [1.54, 1.807) is 17.1 Å². The summed E-state index contributed by atoms with van der Waals surface area (Å²) in [6, 6.07) is 9.90. The molecular weight excluding hydrogens is 218 g/mol. The number of hydrogen-bond donors (Lipinski definition) is 2. The molecule has 0 saturated heterocycles. The van der Waals surface area contributed by atoms with Gasteiger partial charge in [0.05, 0.1) is 18.4 Å². The molecule has 0 saturated carbocycles. The molecule has 5 nitrogen and oxygen atoms in total. The third-order valence-electron chi connectivity index (χ3n) is 2.25. The van der Waals surface area contributed by atoms with E-state index in [2.05, 4.69) is 10.4 Å². The molecule has 1 heterocycles. The summed E-state index contributed by atoms with van der Waals surface area (Å²) in [4.78, 5) is 11.0. The molecule has 0 atom stereocenters. The van der Waals surface area contributed by atoms with Crippen LogP contribution in [-0.2, 0) is 11.3 Å². The van der Waals surface area contributed by atoms with Crippen molar-refractivity contribution in [3.63, 3.8) is 0 Å². The number of hydrogen-bond acceptors (Lipinski definition) is 3. The number of benzene rings is 1. The molecule has 2 rings (SSSR count). The molecule has 0 fully saturated rings. The van der Waals surface area contributed by atoms with E-state index in [0.717, 1.165) is 5.56 Å². The lowest BCUT2D eigenvalue weighted by Crippen LogP contribution is -2.14. The van der Waals surface area contributed by atoms with Crippen LogP contribution in [0.4, 0.5) is 5.69 Å². The number of nitrogens with zero attached hydrogens (tertiary/aromatic N) is 2. The average Bonchev–Trinajstić information content (AvgIpc) is 2.77. The first-order valence-electron chi connectivity index (χ1n) is 5.25. The Bertz CT molecular complexity index is 493. The Morgan fingerprint density at radius 1 is 1.35 bits per heavy atom. The van der Waals surface area contributed by atoms with Gasteiger partial charge >= 0.3 is 0 Å². The second-order valence-electron chi connectivity index (χ2n) is 3.62. The summed E-state index contributed by atoms with van der Waals surface area (Å²) in [6.45, 7) is 0.125. The van der Waals surface area contributed by atoms with Crippen molar-refractivity contribution < 1.29 is 9.90 Å². The van der Waals surface area contributed by atoms with Crippen LogP contribution in [0.5, 0.6) is 0 Å².